The molecule has 10 heteroatoms. The van der Waals surface area contributed by atoms with Crippen molar-refractivity contribution in [2.24, 2.45) is 0 Å². The van der Waals surface area contributed by atoms with Gasteiger partial charge in [-0.1, -0.05) is 0 Å². The molecule has 1 amide bonds. The van der Waals surface area contributed by atoms with Crippen molar-refractivity contribution in [3.63, 3.8) is 0 Å². The molecule has 19 heavy (non-hydrogen) atoms. The Hall–Kier alpha value is -1.77. The Morgan fingerprint density at radius 2 is 2.21 bits per heavy atom. The number of imidazole rings is 1. The van der Waals surface area contributed by atoms with E-state index in [1.165, 1.54) is 11.5 Å². The fourth-order valence-corrected chi connectivity index (χ4v) is 1.40. The second-order valence-corrected chi connectivity index (χ2v) is 3.81. The van der Waals surface area contributed by atoms with Crippen LogP contribution in [0.2, 0.25) is 5.28 Å². The number of rotatable bonds is 4. The van der Waals surface area contributed by atoms with Crippen molar-refractivity contribution in [1.29, 1.82) is 0 Å². The third-order valence-electron chi connectivity index (χ3n) is 2.07. The van der Waals surface area contributed by atoms with Crippen LogP contribution in [0, 0.1) is 0 Å². The van der Waals surface area contributed by atoms with Gasteiger partial charge in [0, 0.05) is 18.3 Å². The standard InChI is InChI=1S/C9H9ClF3N3O3/c1-19-6(17)5(16-7(18)9(11,12)13)2-4-3-14-8(10)15-4/h3,5H,2H2,1H3,(H,14,15)(H,16,18). The van der Waals surface area contributed by atoms with Crippen molar-refractivity contribution in [2.45, 2.75) is 18.6 Å². The Kier molecular flexibility index (Phi) is 4.76. The van der Waals surface area contributed by atoms with Gasteiger partial charge in [-0.3, -0.25) is 4.79 Å². The van der Waals surface area contributed by atoms with E-state index >= 15 is 0 Å². The summed E-state index contributed by atoms with van der Waals surface area (Å²) in [6, 6.07) is -1.49. The Morgan fingerprint density at radius 1 is 1.58 bits per heavy atom. The number of methoxy groups -OCH3 is 1. The zero-order valence-electron chi connectivity index (χ0n) is 9.55. The van der Waals surface area contributed by atoms with Crippen LogP contribution >= 0.6 is 11.6 Å². The summed E-state index contributed by atoms with van der Waals surface area (Å²) in [5.74, 6) is -3.24. The number of hydrogen-bond acceptors (Lipinski definition) is 4. The molecule has 0 radical (unpaired) electrons. The fraction of sp³-hybridized carbons (Fsp3) is 0.444. The Balaban J connectivity index is 2.78. The summed E-state index contributed by atoms with van der Waals surface area (Å²) in [6.45, 7) is 0. The molecule has 0 saturated carbocycles. The van der Waals surface area contributed by atoms with Crippen LogP contribution in [-0.2, 0) is 20.7 Å². The molecule has 0 bridgehead atoms. The van der Waals surface area contributed by atoms with Crippen LogP contribution in [0.1, 0.15) is 5.69 Å². The van der Waals surface area contributed by atoms with Gasteiger partial charge >= 0.3 is 18.1 Å². The van der Waals surface area contributed by atoms with E-state index < -0.39 is 24.1 Å². The molecule has 1 atom stereocenters. The lowest BCUT2D eigenvalue weighted by molar-refractivity contribution is -0.175. The number of alkyl halides is 3. The molecule has 1 aromatic heterocycles. The summed E-state index contributed by atoms with van der Waals surface area (Å²) in [5, 5.41) is 1.55. The first-order chi connectivity index (χ1) is 8.74. The molecule has 1 aromatic rings. The first-order valence-corrected chi connectivity index (χ1v) is 5.26. The maximum Gasteiger partial charge on any atom is 0.471 e. The Labute approximate surface area is 110 Å². The van der Waals surface area contributed by atoms with Gasteiger partial charge < -0.3 is 15.0 Å². The zero-order valence-corrected chi connectivity index (χ0v) is 10.3. The minimum absolute atomic E-state index is 0.0146. The number of nitrogens with zero attached hydrogens (tertiary/aromatic N) is 1. The Morgan fingerprint density at radius 3 is 2.63 bits per heavy atom. The largest absolute Gasteiger partial charge is 0.471 e. The molecule has 1 rings (SSSR count). The highest BCUT2D eigenvalue weighted by molar-refractivity contribution is 6.28. The lowest BCUT2D eigenvalue weighted by atomic mass is 10.1. The third kappa shape index (κ3) is 4.43. The number of hydrogen-bond donors (Lipinski definition) is 2. The van der Waals surface area contributed by atoms with Crippen molar-refractivity contribution >= 4 is 23.5 Å². The normalized spacial score (nSPS) is 12.9. The van der Waals surface area contributed by atoms with Gasteiger partial charge in [0.1, 0.15) is 6.04 Å². The molecule has 1 heterocycles. The number of amides is 1. The monoisotopic (exact) mass is 299 g/mol. The van der Waals surface area contributed by atoms with Crippen molar-refractivity contribution < 1.29 is 27.5 Å². The SMILES string of the molecule is COC(=O)C(Cc1cnc(Cl)[nH]1)NC(=O)C(F)(F)F. The summed E-state index contributed by atoms with van der Waals surface area (Å²) in [6.07, 6.45) is -4.11. The molecule has 0 aromatic carbocycles. The van der Waals surface area contributed by atoms with E-state index in [2.05, 4.69) is 14.7 Å². The second kappa shape index (κ2) is 5.91. The molecule has 0 spiro atoms. The smallest absolute Gasteiger partial charge is 0.467 e. The number of carbonyl (C=O) groups excluding carboxylic acids is 2. The van der Waals surface area contributed by atoms with Crippen LogP contribution in [0.4, 0.5) is 13.2 Å². The molecule has 0 saturated heterocycles. The first kappa shape index (κ1) is 15.3. The molecule has 0 fully saturated rings. The van der Waals surface area contributed by atoms with Crippen molar-refractivity contribution in [1.82, 2.24) is 15.3 Å². The van der Waals surface area contributed by atoms with E-state index in [1.54, 1.807) is 0 Å². The van der Waals surface area contributed by atoms with Gasteiger partial charge in [0.2, 0.25) is 0 Å². The third-order valence-corrected chi connectivity index (χ3v) is 2.26. The molecule has 0 aliphatic carbocycles. The van der Waals surface area contributed by atoms with Crippen LogP contribution in [0.15, 0.2) is 6.20 Å². The Bertz CT molecular complexity index is 475. The van der Waals surface area contributed by atoms with Crippen LogP contribution < -0.4 is 5.32 Å². The summed E-state index contributed by atoms with van der Waals surface area (Å²) in [5.41, 5.74) is 0.280. The molecule has 2 N–H and O–H groups in total. The van der Waals surface area contributed by atoms with Crippen LogP contribution in [0.25, 0.3) is 0 Å². The van der Waals surface area contributed by atoms with Crippen LogP contribution in [0.3, 0.4) is 0 Å². The lowest BCUT2D eigenvalue weighted by Crippen LogP contribution is -2.48. The summed E-state index contributed by atoms with van der Waals surface area (Å²) in [7, 11) is 0.995. The van der Waals surface area contributed by atoms with Gasteiger partial charge in [-0.05, 0) is 11.6 Å². The lowest BCUT2D eigenvalue weighted by Gasteiger charge is -2.16. The number of esters is 1. The maximum absolute atomic E-state index is 12.1. The molecule has 0 aliphatic rings. The average Bonchev–Trinajstić information content (AvgIpc) is 2.71. The maximum atomic E-state index is 12.1. The summed E-state index contributed by atoms with van der Waals surface area (Å²) in [4.78, 5) is 28.2. The molecular formula is C9H9ClF3N3O3. The molecule has 106 valence electrons. The highest BCUT2D eigenvalue weighted by Crippen LogP contribution is 2.15. The van der Waals surface area contributed by atoms with Crippen molar-refractivity contribution in [2.75, 3.05) is 7.11 Å². The van der Waals surface area contributed by atoms with Crippen molar-refractivity contribution in [3.05, 3.63) is 17.2 Å². The minimum Gasteiger partial charge on any atom is -0.467 e. The average molecular weight is 300 g/mol. The topological polar surface area (TPSA) is 84.1 Å². The predicted molar refractivity (Wildman–Crippen MR) is 57.3 cm³/mol. The first-order valence-electron chi connectivity index (χ1n) is 4.89. The van der Waals surface area contributed by atoms with E-state index in [0.29, 0.717) is 0 Å². The van der Waals surface area contributed by atoms with Crippen LogP contribution in [0.5, 0.6) is 0 Å². The number of aromatic amines is 1. The van der Waals surface area contributed by atoms with Crippen LogP contribution in [-0.4, -0.2) is 41.2 Å². The van der Waals surface area contributed by atoms with E-state index in [4.69, 9.17) is 11.6 Å². The number of ether oxygens (including phenoxy) is 1. The van der Waals surface area contributed by atoms with Gasteiger partial charge in [-0.2, -0.15) is 13.2 Å². The van der Waals surface area contributed by atoms with E-state index in [0.717, 1.165) is 7.11 Å². The molecule has 1 unspecified atom stereocenters. The highest BCUT2D eigenvalue weighted by Gasteiger charge is 2.41. The van der Waals surface area contributed by atoms with Gasteiger partial charge in [-0.25, -0.2) is 9.78 Å². The molecule has 6 nitrogen and oxygen atoms in total. The quantitative estimate of drug-likeness (QED) is 0.807. The predicted octanol–water partition coefficient (Wildman–Crippen LogP) is 0.826. The highest BCUT2D eigenvalue weighted by atomic mass is 35.5. The van der Waals surface area contributed by atoms with E-state index in [1.807, 2.05) is 0 Å². The number of H-pyrrole nitrogens is 1. The minimum atomic E-state index is -5.09. The van der Waals surface area contributed by atoms with E-state index in [-0.39, 0.29) is 17.4 Å². The van der Waals surface area contributed by atoms with Gasteiger partial charge in [0.25, 0.3) is 0 Å². The van der Waals surface area contributed by atoms with Crippen molar-refractivity contribution in [3.8, 4) is 0 Å². The number of carbonyl (C=O) groups is 2. The number of nitrogens with one attached hydrogen (secondary N) is 2. The zero-order chi connectivity index (χ0) is 14.6. The number of halogens is 4. The fourth-order valence-electron chi connectivity index (χ4n) is 1.23. The summed E-state index contributed by atoms with van der Waals surface area (Å²) < 4.78 is 40.7. The van der Waals surface area contributed by atoms with E-state index in [9.17, 15) is 22.8 Å². The van der Waals surface area contributed by atoms with Gasteiger partial charge in [-0.15, -0.1) is 0 Å². The van der Waals surface area contributed by atoms with Gasteiger partial charge in [0.15, 0.2) is 5.28 Å². The molecular weight excluding hydrogens is 291 g/mol. The molecule has 0 aliphatic heterocycles. The van der Waals surface area contributed by atoms with Gasteiger partial charge in [0.05, 0.1) is 7.11 Å². The summed E-state index contributed by atoms with van der Waals surface area (Å²) >= 11 is 5.49. The second-order valence-electron chi connectivity index (χ2n) is 3.45. The number of aromatic nitrogens is 2.